The Kier molecular flexibility index (Phi) is 7.09. The van der Waals surface area contributed by atoms with E-state index in [1.54, 1.807) is 6.07 Å². The van der Waals surface area contributed by atoms with Gasteiger partial charge in [0.1, 0.15) is 5.82 Å². The molecule has 27 heavy (non-hydrogen) atoms. The number of anilines is 1. The van der Waals surface area contributed by atoms with Crippen LogP contribution in [0.25, 0.3) is 0 Å². The summed E-state index contributed by atoms with van der Waals surface area (Å²) in [4.78, 5) is 4.56. The summed E-state index contributed by atoms with van der Waals surface area (Å²) in [5.41, 5.74) is 1.11. The molecule has 1 aromatic carbocycles. The predicted molar refractivity (Wildman–Crippen MR) is 114 cm³/mol. The zero-order valence-electron chi connectivity index (χ0n) is 17.0. The highest BCUT2D eigenvalue weighted by molar-refractivity contribution is 7.81. The Morgan fingerprint density at radius 1 is 1.19 bits per heavy atom. The van der Waals surface area contributed by atoms with E-state index >= 15 is 0 Å². The molecule has 0 bridgehead atoms. The van der Waals surface area contributed by atoms with Crippen molar-refractivity contribution in [3.63, 3.8) is 0 Å². The van der Waals surface area contributed by atoms with E-state index in [-0.39, 0.29) is 11.1 Å². The fourth-order valence-corrected chi connectivity index (χ4v) is 5.18. The molecule has 1 saturated heterocycles. The van der Waals surface area contributed by atoms with Crippen LogP contribution in [0, 0.1) is 17.2 Å². The maximum absolute atomic E-state index is 14.0. The van der Waals surface area contributed by atoms with Gasteiger partial charge in [0, 0.05) is 38.0 Å². The van der Waals surface area contributed by atoms with Crippen LogP contribution in [0.3, 0.4) is 0 Å². The second kappa shape index (κ2) is 9.15. The van der Waals surface area contributed by atoms with Crippen molar-refractivity contribution < 1.29 is 9.13 Å². The largest absolute Gasteiger partial charge is 0.377 e. The molecule has 2 fully saturated rings. The standard InChI is InChI=1S/C22H35FN2OS/c1-17-12-18(14-22(2,3)13-17)26-16-19(27)15-24-8-10-25(11-9-24)21-7-5-4-6-20(21)23/h4-7,17-19,27H,8-16H2,1-3H3/t17-,18-,19+/m0/s1. The van der Waals surface area contributed by atoms with Crippen LogP contribution in [-0.4, -0.2) is 55.6 Å². The van der Waals surface area contributed by atoms with E-state index < -0.39 is 0 Å². The molecule has 0 aromatic heterocycles. The zero-order valence-corrected chi connectivity index (χ0v) is 17.9. The number of ether oxygens (including phenoxy) is 1. The smallest absolute Gasteiger partial charge is 0.146 e. The Bertz CT molecular complexity index is 604. The van der Waals surface area contributed by atoms with Gasteiger partial charge in [0.15, 0.2) is 0 Å². The van der Waals surface area contributed by atoms with Crippen LogP contribution in [0.5, 0.6) is 0 Å². The lowest BCUT2D eigenvalue weighted by Crippen LogP contribution is -2.48. The minimum absolute atomic E-state index is 0.129. The van der Waals surface area contributed by atoms with Gasteiger partial charge in [0.2, 0.25) is 0 Å². The van der Waals surface area contributed by atoms with Crippen molar-refractivity contribution in [1.29, 1.82) is 0 Å². The fraction of sp³-hybridized carbons (Fsp3) is 0.727. The van der Waals surface area contributed by atoms with E-state index in [0.717, 1.165) is 50.7 Å². The maximum atomic E-state index is 14.0. The van der Waals surface area contributed by atoms with Crippen LogP contribution in [-0.2, 0) is 4.74 Å². The fourth-order valence-electron chi connectivity index (χ4n) is 4.86. The van der Waals surface area contributed by atoms with E-state index in [1.807, 2.05) is 12.1 Å². The molecule has 1 heterocycles. The first-order valence-corrected chi connectivity index (χ1v) is 10.9. The summed E-state index contributed by atoms with van der Waals surface area (Å²) in [7, 11) is 0. The van der Waals surface area contributed by atoms with Gasteiger partial charge in [-0.15, -0.1) is 0 Å². The third-order valence-corrected chi connectivity index (χ3v) is 6.22. The third-order valence-electron chi connectivity index (χ3n) is 5.91. The molecule has 0 spiro atoms. The number of halogens is 1. The van der Waals surface area contributed by atoms with Crippen molar-refractivity contribution in [1.82, 2.24) is 4.90 Å². The summed E-state index contributed by atoms with van der Waals surface area (Å²) in [6, 6.07) is 7.05. The Balaban J connectivity index is 1.39. The molecule has 0 amide bonds. The minimum Gasteiger partial charge on any atom is -0.377 e. The lowest BCUT2D eigenvalue weighted by atomic mass is 9.71. The topological polar surface area (TPSA) is 15.7 Å². The first-order valence-electron chi connectivity index (χ1n) is 10.3. The molecule has 5 heteroatoms. The summed E-state index contributed by atoms with van der Waals surface area (Å²) in [5, 5.41) is 0.227. The summed E-state index contributed by atoms with van der Waals surface area (Å²) >= 11 is 4.77. The molecule has 0 radical (unpaired) electrons. The minimum atomic E-state index is -0.129. The number of nitrogens with zero attached hydrogens (tertiary/aromatic N) is 2. The molecular weight excluding hydrogens is 359 g/mol. The third kappa shape index (κ3) is 6.10. The average molecular weight is 395 g/mol. The van der Waals surface area contributed by atoms with E-state index in [0.29, 0.717) is 18.1 Å². The number of hydrogen-bond donors (Lipinski definition) is 1. The van der Waals surface area contributed by atoms with Crippen molar-refractivity contribution >= 4 is 18.3 Å². The van der Waals surface area contributed by atoms with Crippen LogP contribution in [0.1, 0.15) is 40.0 Å². The molecule has 1 aromatic rings. The van der Waals surface area contributed by atoms with E-state index in [2.05, 4.69) is 30.6 Å². The number of benzene rings is 1. The monoisotopic (exact) mass is 394 g/mol. The van der Waals surface area contributed by atoms with Gasteiger partial charge in [-0.2, -0.15) is 12.6 Å². The van der Waals surface area contributed by atoms with Crippen molar-refractivity contribution in [2.75, 3.05) is 44.2 Å². The van der Waals surface area contributed by atoms with Crippen molar-refractivity contribution in [3.05, 3.63) is 30.1 Å². The second-order valence-electron chi connectivity index (χ2n) is 9.26. The Morgan fingerprint density at radius 2 is 1.89 bits per heavy atom. The zero-order chi connectivity index (χ0) is 19.4. The highest BCUT2D eigenvalue weighted by Crippen LogP contribution is 2.39. The highest BCUT2D eigenvalue weighted by Gasteiger charge is 2.32. The number of rotatable bonds is 6. The van der Waals surface area contributed by atoms with Crippen molar-refractivity contribution in [3.8, 4) is 0 Å². The Hall–Kier alpha value is -0.780. The summed E-state index contributed by atoms with van der Waals surface area (Å²) < 4.78 is 20.2. The highest BCUT2D eigenvalue weighted by atomic mass is 32.1. The normalized spacial score (nSPS) is 27.5. The van der Waals surface area contributed by atoms with Crippen LogP contribution < -0.4 is 4.90 Å². The maximum Gasteiger partial charge on any atom is 0.146 e. The molecule has 3 atom stereocenters. The quantitative estimate of drug-likeness (QED) is 0.717. The first-order chi connectivity index (χ1) is 12.8. The second-order valence-corrected chi connectivity index (χ2v) is 9.99. The van der Waals surface area contributed by atoms with Gasteiger partial charge in [-0.05, 0) is 42.7 Å². The molecular formula is C22H35FN2OS. The SMILES string of the molecule is C[C@H]1C[C@H](OC[C@H](S)CN2CCN(c3ccccc3F)CC2)CC(C)(C)C1. The summed E-state index contributed by atoms with van der Waals surface area (Å²) in [6.07, 6.45) is 3.99. The molecule has 152 valence electrons. The van der Waals surface area contributed by atoms with Crippen LogP contribution in [0.4, 0.5) is 10.1 Å². The van der Waals surface area contributed by atoms with Gasteiger partial charge < -0.3 is 9.64 Å². The molecule has 3 nitrogen and oxygen atoms in total. The number of piperazine rings is 1. The number of hydrogen-bond acceptors (Lipinski definition) is 4. The molecule has 0 unspecified atom stereocenters. The van der Waals surface area contributed by atoms with Gasteiger partial charge in [-0.1, -0.05) is 32.9 Å². The Morgan fingerprint density at radius 3 is 2.56 bits per heavy atom. The van der Waals surface area contributed by atoms with Gasteiger partial charge in [0.25, 0.3) is 0 Å². The van der Waals surface area contributed by atoms with Gasteiger partial charge in [-0.25, -0.2) is 4.39 Å². The van der Waals surface area contributed by atoms with E-state index in [4.69, 9.17) is 17.4 Å². The summed E-state index contributed by atoms with van der Waals surface area (Å²) in [6.45, 7) is 12.3. The predicted octanol–water partition coefficient (Wildman–Crippen LogP) is 4.48. The van der Waals surface area contributed by atoms with Crippen molar-refractivity contribution in [2.45, 2.75) is 51.4 Å². The van der Waals surface area contributed by atoms with Crippen LogP contribution in [0.2, 0.25) is 0 Å². The van der Waals surface area contributed by atoms with Gasteiger partial charge in [-0.3, -0.25) is 4.90 Å². The molecule has 1 saturated carbocycles. The van der Waals surface area contributed by atoms with Gasteiger partial charge in [0.05, 0.1) is 18.4 Å². The first kappa shape index (κ1) is 20.9. The Labute approximate surface area is 169 Å². The molecule has 1 aliphatic heterocycles. The number of thiol groups is 1. The molecule has 2 aliphatic rings. The van der Waals surface area contributed by atoms with E-state index in [1.165, 1.54) is 18.9 Å². The molecule has 1 aliphatic carbocycles. The van der Waals surface area contributed by atoms with Crippen LogP contribution in [0.15, 0.2) is 24.3 Å². The lowest BCUT2D eigenvalue weighted by Gasteiger charge is -2.39. The molecule has 0 N–H and O–H groups in total. The molecule has 3 rings (SSSR count). The van der Waals surface area contributed by atoms with E-state index in [9.17, 15) is 4.39 Å². The average Bonchev–Trinajstić information content (AvgIpc) is 2.60. The number of para-hydroxylation sites is 1. The van der Waals surface area contributed by atoms with Crippen LogP contribution >= 0.6 is 12.6 Å². The lowest BCUT2D eigenvalue weighted by molar-refractivity contribution is -0.0237. The van der Waals surface area contributed by atoms with Gasteiger partial charge >= 0.3 is 0 Å². The summed E-state index contributed by atoms with van der Waals surface area (Å²) in [5.74, 6) is 0.611. The van der Waals surface area contributed by atoms with Crippen molar-refractivity contribution in [2.24, 2.45) is 11.3 Å².